The van der Waals surface area contributed by atoms with Crippen LogP contribution in [-0.4, -0.2) is 5.11 Å². The van der Waals surface area contributed by atoms with E-state index in [0.29, 0.717) is 24.7 Å². The molecule has 0 aliphatic heterocycles. The van der Waals surface area contributed by atoms with E-state index in [9.17, 15) is 5.11 Å². The van der Waals surface area contributed by atoms with Crippen molar-refractivity contribution in [2.45, 2.75) is 72.2 Å². The Bertz CT molecular complexity index is 925. The van der Waals surface area contributed by atoms with Gasteiger partial charge in [-0.3, -0.25) is 0 Å². The molecule has 0 unspecified atom stereocenters. The molecule has 0 amide bonds. The van der Waals surface area contributed by atoms with Crippen molar-refractivity contribution in [3.05, 3.63) is 94.5 Å². The van der Waals surface area contributed by atoms with Gasteiger partial charge in [0, 0.05) is 6.07 Å². The lowest BCUT2D eigenvalue weighted by molar-refractivity contribution is 0.271. The number of ether oxygens (including phenoxy) is 2. The number of hydrogen-bond donors (Lipinski definition) is 1. The van der Waals surface area contributed by atoms with Crippen molar-refractivity contribution < 1.29 is 14.6 Å². The Morgan fingerprint density at radius 1 is 0.562 bits per heavy atom. The molecule has 0 aliphatic carbocycles. The first-order chi connectivity index (χ1) is 15.0. The summed E-state index contributed by atoms with van der Waals surface area (Å²) < 4.78 is 12.0. The summed E-state index contributed by atoms with van der Waals surface area (Å²) >= 11 is 0. The minimum absolute atomic E-state index is 0.0614. The summed E-state index contributed by atoms with van der Waals surface area (Å²) in [5, 5.41) is 9.66. The minimum atomic E-state index is -0.0614. The fraction of sp³-hybridized carbons (Fsp3) is 0.379. The zero-order chi connectivity index (χ0) is 23.4. The monoisotopic (exact) mass is 432 g/mol. The molecule has 3 aromatic rings. The highest BCUT2D eigenvalue weighted by atomic mass is 16.5. The van der Waals surface area contributed by atoms with E-state index in [2.05, 4.69) is 90.1 Å². The molecule has 3 nitrogen and oxygen atoms in total. The molecule has 0 saturated carbocycles. The van der Waals surface area contributed by atoms with Gasteiger partial charge in [0.1, 0.15) is 24.7 Å². The Morgan fingerprint density at radius 2 is 0.938 bits per heavy atom. The van der Waals surface area contributed by atoms with Crippen LogP contribution >= 0.6 is 0 Å². The maximum atomic E-state index is 9.66. The first-order valence-electron chi connectivity index (χ1n) is 11.2. The summed E-state index contributed by atoms with van der Waals surface area (Å²) in [4.78, 5) is 0. The molecule has 0 radical (unpaired) electrons. The summed E-state index contributed by atoms with van der Waals surface area (Å²) in [5.41, 5.74) is 5.85. The van der Waals surface area contributed by atoms with E-state index in [4.69, 9.17) is 9.47 Å². The molecule has 170 valence electrons. The highest BCUT2D eigenvalue weighted by molar-refractivity contribution is 5.39. The quantitative estimate of drug-likeness (QED) is 0.440. The minimum Gasteiger partial charge on any atom is -0.489 e. The van der Waals surface area contributed by atoms with Crippen molar-refractivity contribution in [2.24, 2.45) is 0 Å². The zero-order valence-corrected chi connectivity index (χ0v) is 20.2. The van der Waals surface area contributed by atoms with Gasteiger partial charge in [0.05, 0.1) is 6.61 Å². The Hall–Kier alpha value is -2.78. The molecule has 0 atom stereocenters. The number of aliphatic hydroxyl groups excluding tert-OH is 1. The van der Waals surface area contributed by atoms with Crippen LogP contribution in [0.4, 0.5) is 0 Å². The fourth-order valence-electron chi connectivity index (χ4n) is 3.42. The standard InChI is InChI=1S/C29H36O3/c1-28(2,3)24-11-7-21(8-12-24)19-31-26-15-23(18-30)16-27(17-26)32-20-22-9-13-25(14-10-22)29(4,5)6/h7-17,30H,18-20H2,1-6H3. The van der Waals surface area contributed by atoms with Crippen molar-refractivity contribution in [1.29, 1.82) is 0 Å². The molecule has 0 saturated heterocycles. The Labute approximate surface area is 193 Å². The summed E-state index contributed by atoms with van der Waals surface area (Å²) in [6.45, 7) is 14.1. The summed E-state index contributed by atoms with van der Waals surface area (Å²) in [6.07, 6.45) is 0. The molecule has 3 heteroatoms. The molecule has 1 N–H and O–H groups in total. The fourth-order valence-corrected chi connectivity index (χ4v) is 3.42. The van der Waals surface area contributed by atoms with Gasteiger partial charge >= 0.3 is 0 Å². The molecule has 0 spiro atoms. The van der Waals surface area contributed by atoms with E-state index < -0.39 is 0 Å². The Balaban J connectivity index is 1.65. The lowest BCUT2D eigenvalue weighted by Crippen LogP contribution is -2.11. The van der Waals surface area contributed by atoms with E-state index in [-0.39, 0.29) is 17.4 Å². The summed E-state index contributed by atoms with van der Waals surface area (Å²) in [5.74, 6) is 1.38. The highest BCUT2D eigenvalue weighted by Crippen LogP contribution is 2.27. The van der Waals surface area contributed by atoms with Crippen LogP contribution < -0.4 is 9.47 Å². The normalized spacial score (nSPS) is 12.0. The van der Waals surface area contributed by atoms with Gasteiger partial charge in [-0.1, -0.05) is 90.1 Å². The highest BCUT2D eigenvalue weighted by Gasteiger charge is 2.14. The van der Waals surface area contributed by atoms with Crippen LogP contribution in [0.25, 0.3) is 0 Å². The van der Waals surface area contributed by atoms with Gasteiger partial charge in [0.25, 0.3) is 0 Å². The molecular formula is C29H36O3. The van der Waals surface area contributed by atoms with Gasteiger partial charge in [-0.05, 0) is 50.8 Å². The summed E-state index contributed by atoms with van der Waals surface area (Å²) in [7, 11) is 0. The predicted molar refractivity (Wildman–Crippen MR) is 131 cm³/mol. The van der Waals surface area contributed by atoms with E-state index in [1.54, 1.807) is 0 Å². The van der Waals surface area contributed by atoms with Crippen molar-refractivity contribution in [2.75, 3.05) is 0 Å². The molecule has 32 heavy (non-hydrogen) atoms. The van der Waals surface area contributed by atoms with E-state index in [1.165, 1.54) is 11.1 Å². The number of aliphatic hydroxyl groups is 1. The molecule has 3 aromatic carbocycles. The first-order valence-corrected chi connectivity index (χ1v) is 11.2. The van der Waals surface area contributed by atoms with Gasteiger partial charge in [0.15, 0.2) is 0 Å². The van der Waals surface area contributed by atoms with Gasteiger partial charge in [-0.15, -0.1) is 0 Å². The average molecular weight is 433 g/mol. The molecule has 0 fully saturated rings. The van der Waals surface area contributed by atoms with E-state index >= 15 is 0 Å². The third kappa shape index (κ3) is 6.61. The lowest BCUT2D eigenvalue weighted by Gasteiger charge is -2.19. The van der Waals surface area contributed by atoms with Crippen molar-refractivity contribution in [1.82, 2.24) is 0 Å². The van der Waals surface area contributed by atoms with Crippen LogP contribution in [0.15, 0.2) is 66.7 Å². The van der Waals surface area contributed by atoms with Crippen molar-refractivity contribution in [3.8, 4) is 11.5 Å². The van der Waals surface area contributed by atoms with Crippen molar-refractivity contribution in [3.63, 3.8) is 0 Å². The molecule has 0 heterocycles. The lowest BCUT2D eigenvalue weighted by atomic mass is 9.87. The number of hydrogen-bond acceptors (Lipinski definition) is 3. The van der Waals surface area contributed by atoms with Crippen LogP contribution in [0.5, 0.6) is 11.5 Å². The molecular weight excluding hydrogens is 396 g/mol. The largest absolute Gasteiger partial charge is 0.489 e. The topological polar surface area (TPSA) is 38.7 Å². The number of benzene rings is 3. The molecule has 3 rings (SSSR count). The smallest absolute Gasteiger partial charge is 0.123 e. The van der Waals surface area contributed by atoms with Crippen LogP contribution in [-0.2, 0) is 30.7 Å². The van der Waals surface area contributed by atoms with Crippen molar-refractivity contribution >= 4 is 0 Å². The van der Waals surface area contributed by atoms with Crippen LogP contribution in [0, 0.1) is 0 Å². The van der Waals surface area contributed by atoms with Crippen LogP contribution in [0.3, 0.4) is 0 Å². The predicted octanol–water partition coefficient (Wildman–Crippen LogP) is 6.93. The number of rotatable bonds is 7. The zero-order valence-electron chi connectivity index (χ0n) is 20.2. The molecule has 0 bridgehead atoms. The second kappa shape index (κ2) is 9.79. The van der Waals surface area contributed by atoms with Gasteiger partial charge < -0.3 is 14.6 Å². The summed E-state index contributed by atoms with van der Waals surface area (Å²) in [6, 6.07) is 22.6. The second-order valence-electron chi connectivity index (χ2n) is 10.4. The molecule has 0 aliphatic rings. The van der Waals surface area contributed by atoms with E-state index in [0.717, 1.165) is 16.7 Å². The molecule has 0 aromatic heterocycles. The van der Waals surface area contributed by atoms with Gasteiger partial charge in [-0.25, -0.2) is 0 Å². The third-order valence-electron chi connectivity index (χ3n) is 5.57. The average Bonchev–Trinajstić information content (AvgIpc) is 2.75. The van der Waals surface area contributed by atoms with Gasteiger partial charge in [-0.2, -0.15) is 0 Å². The third-order valence-corrected chi connectivity index (χ3v) is 5.57. The van der Waals surface area contributed by atoms with Crippen LogP contribution in [0.2, 0.25) is 0 Å². The first kappa shape index (κ1) is 23.9. The van der Waals surface area contributed by atoms with Gasteiger partial charge in [0.2, 0.25) is 0 Å². The Kier molecular flexibility index (Phi) is 7.30. The van der Waals surface area contributed by atoms with E-state index in [1.807, 2.05) is 18.2 Å². The second-order valence-corrected chi connectivity index (χ2v) is 10.4. The Morgan fingerprint density at radius 3 is 1.25 bits per heavy atom. The maximum Gasteiger partial charge on any atom is 0.123 e. The van der Waals surface area contributed by atoms with Crippen LogP contribution in [0.1, 0.15) is 69.4 Å². The maximum absolute atomic E-state index is 9.66. The SMILES string of the molecule is CC(C)(C)c1ccc(COc2cc(CO)cc(OCc3ccc(C(C)(C)C)cc3)c2)cc1.